The van der Waals surface area contributed by atoms with Crippen LogP contribution >= 0.6 is 0 Å². The van der Waals surface area contributed by atoms with Crippen molar-refractivity contribution in [2.75, 3.05) is 0 Å². The highest BCUT2D eigenvalue weighted by Crippen LogP contribution is 2.15. The molecule has 19 heavy (non-hydrogen) atoms. The Bertz CT molecular complexity index is 535. The summed E-state index contributed by atoms with van der Waals surface area (Å²) in [6, 6.07) is 7.41. The van der Waals surface area contributed by atoms with Crippen LogP contribution in [-0.2, 0) is 6.54 Å². The van der Waals surface area contributed by atoms with Crippen molar-refractivity contribution in [3.63, 3.8) is 0 Å². The Hall–Kier alpha value is -1.88. The first-order valence-electron chi connectivity index (χ1n) is 5.85. The Balaban J connectivity index is 2.03. The van der Waals surface area contributed by atoms with E-state index in [2.05, 4.69) is 10.3 Å². The fourth-order valence-corrected chi connectivity index (χ4v) is 1.72. The van der Waals surface area contributed by atoms with Gasteiger partial charge in [0.05, 0.1) is 5.69 Å². The molecule has 0 spiro atoms. The molecule has 0 aliphatic rings. The molecule has 0 amide bonds. The largest absolute Gasteiger partial charge is 0.305 e. The number of hydrogen-bond donors (Lipinski definition) is 1. The summed E-state index contributed by atoms with van der Waals surface area (Å²) in [7, 11) is 0. The molecule has 1 heterocycles. The zero-order valence-electron chi connectivity index (χ0n) is 10.3. The van der Waals surface area contributed by atoms with Crippen LogP contribution in [0.3, 0.4) is 0 Å². The molecule has 2 aromatic rings. The third-order valence-corrected chi connectivity index (χ3v) is 2.79. The third kappa shape index (κ3) is 3.32. The maximum Gasteiger partial charge on any atom is 0.194 e. The maximum atomic E-state index is 13.0. The topological polar surface area (TPSA) is 24.9 Å². The van der Waals surface area contributed by atoms with Gasteiger partial charge in [-0.2, -0.15) is 0 Å². The molecule has 0 bridgehead atoms. The highest BCUT2D eigenvalue weighted by molar-refractivity contribution is 5.19. The van der Waals surface area contributed by atoms with Crippen LogP contribution in [0.15, 0.2) is 36.5 Å². The maximum absolute atomic E-state index is 13.0. The smallest absolute Gasteiger partial charge is 0.194 e. The van der Waals surface area contributed by atoms with Crippen molar-refractivity contribution >= 4 is 0 Å². The predicted molar refractivity (Wildman–Crippen MR) is 65.8 cm³/mol. The molecule has 0 saturated carbocycles. The molecule has 1 atom stereocenters. The van der Waals surface area contributed by atoms with E-state index in [1.165, 1.54) is 0 Å². The van der Waals surface area contributed by atoms with Crippen molar-refractivity contribution < 1.29 is 13.2 Å². The van der Waals surface area contributed by atoms with Crippen LogP contribution < -0.4 is 5.32 Å². The van der Waals surface area contributed by atoms with E-state index in [0.29, 0.717) is 5.56 Å². The predicted octanol–water partition coefficient (Wildman–Crippen LogP) is 3.35. The molecule has 5 heteroatoms. The van der Waals surface area contributed by atoms with Gasteiger partial charge in [-0.05, 0) is 36.8 Å². The number of pyridine rings is 1. The average Bonchev–Trinajstić information content (AvgIpc) is 2.43. The van der Waals surface area contributed by atoms with Gasteiger partial charge >= 0.3 is 0 Å². The second-order valence-electron chi connectivity index (χ2n) is 4.23. The summed E-state index contributed by atoms with van der Waals surface area (Å²) < 4.78 is 38.9. The summed E-state index contributed by atoms with van der Waals surface area (Å²) in [5.41, 5.74) is 1.17. The lowest BCUT2D eigenvalue weighted by Crippen LogP contribution is -2.19. The Morgan fingerprint density at radius 1 is 1.16 bits per heavy atom. The summed E-state index contributed by atoms with van der Waals surface area (Å²) in [4.78, 5) is 4.17. The molecule has 2 nitrogen and oxygen atoms in total. The second kappa shape index (κ2) is 5.84. The van der Waals surface area contributed by atoms with E-state index in [1.54, 1.807) is 12.3 Å². The van der Waals surface area contributed by atoms with Gasteiger partial charge in [-0.25, -0.2) is 13.2 Å². The molecule has 1 aromatic carbocycles. The number of nitrogens with one attached hydrogen (secondary N) is 1. The molecule has 0 aliphatic heterocycles. The number of nitrogens with zero attached hydrogens (tertiary/aromatic N) is 1. The normalized spacial score (nSPS) is 12.4. The highest BCUT2D eigenvalue weighted by atomic mass is 19.2. The summed E-state index contributed by atoms with van der Waals surface area (Å²) in [5.74, 6) is -3.80. The van der Waals surface area contributed by atoms with Crippen molar-refractivity contribution in [3.8, 4) is 0 Å². The van der Waals surface area contributed by atoms with Crippen LogP contribution in [0.1, 0.15) is 24.2 Å². The number of rotatable bonds is 4. The first-order valence-corrected chi connectivity index (χ1v) is 5.85. The lowest BCUT2D eigenvalue weighted by atomic mass is 10.1. The van der Waals surface area contributed by atoms with E-state index in [-0.39, 0.29) is 12.6 Å². The van der Waals surface area contributed by atoms with Crippen molar-refractivity contribution in [2.24, 2.45) is 0 Å². The Labute approximate surface area is 109 Å². The Morgan fingerprint density at radius 2 is 1.84 bits per heavy atom. The van der Waals surface area contributed by atoms with E-state index in [0.717, 1.165) is 17.8 Å². The second-order valence-corrected chi connectivity index (χ2v) is 4.23. The van der Waals surface area contributed by atoms with Crippen molar-refractivity contribution in [1.29, 1.82) is 0 Å². The minimum absolute atomic E-state index is 0.0719. The minimum Gasteiger partial charge on any atom is -0.305 e. The first-order chi connectivity index (χ1) is 9.08. The summed E-state index contributed by atoms with van der Waals surface area (Å²) in [6.45, 7) is 2.12. The molecule has 1 aromatic heterocycles. The lowest BCUT2D eigenvalue weighted by molar-refractivity contribution is 0.443. The number of benzene rings is 1. The van der Waals surface area contributed by atoms with Gasteiger partial charge in [-0.1, -0.05) is 6.07 Å². The van der Waals surface area contributed by atoms with Crippen LogP contribution in [0.5, 0.6) is 0 Å². The van der Waals surface area contributed by atoms with Gasteiger partial charge < -0.3 is 5.32 Å². The average molecular weight is 266 g/mol. The van der Waals surface area contributed by atoms with Gasteiger partial charge in [0.25, 0.3) is 0 Å². The summed E-state index contributed by atoms with van der Waals surface area (Å²) >= 11 is 0. The molecule has 100 valence electrons. The molecule has 0 fully saturated rings. The molecule has 0 aliphatic carbocycles. The van der Waals surface area contributed by atoms with Crippen LogP contribution in [-0.4, -0.2) is 4.98 Å². The lowest BCUT2D eigenvalue weighted by Gasteiger charge is -2.13. The molecule has 0 saturated heterocycles. The molecule has 1 N–H and O–H groups in total. The van der Waals surface area contributed by atoms with Crippen LogP contribution in [0.2, 0.25) is 0 Å². The number of aromatic nitrogens is 1. The SMILES string of the molecule is CC(NCc1cc(F)c(F)c(F)c1)c1ccccn1. The zero-order chi connectivity index (χ0) is 13.8. The van der Waals surface area contributed by atoms with Crippen LogP contribution in [0.25, 0.3) is 0 Å². The van der Waals surface area contributed by atoms with E-state index >= 15 is 0 Å². The van der Waals surface area contributed by atoms with Crippen molar-refractivity contribution in [3.05, 3.63) is 65.2 Å². The van der Waals surface area contributed by atoms with Gasteiger partial charge in [0, 0.05) is 18.8 Å². The van der Waals surface area contributed by atoms with Gasteiger partial charge in [0.2, 0.25) is 0 Å². The molecular weight excluding hydrogens is 253 g/mol. The Morgan fingerprint density at radius 3 is 2.42 bits per heavy atom. The molecular formula is C14H13F3N2. The quantitative estimate of drug-likeness (QED) is 0.858. The van der Waals surface area contributed by atoms with Crippen LogP contribution in [0.4, 0.5) is 13.2 Å². The van der Waals surface area contributed by atoms with Gasteiger partial charge in [0.1, 0.15) is 0 Å². The monoisotopic (exact) mass is 266 g/mol. The van der Waals surface area contributed by atoms with Gasteiger partial charge in [-0.15, -0.1) is 0 Å². The molecule has 1 unspecified atom stereocenters. The van der Waals surface area contributed by atoms with Gasteiger partial charge in [-0.3, -0.25) is 4.98 Å². The van der Waals surface area contributed by atoms with Gasteiger partial charge in [0.15, 0.2) is 17.5 Å². The zero-order valence-corrected chi connectivity index (χ0v) is 10.3. The summed E-state index contributed by atoms with van der Waals surface area (Å²) in [6.07, 6.45) is 1.67. The van der Waals surface area contributed by atoms with Crippen molar-refractivity contribution in [1.82, 2.24) is 10.3 Å². The number of halogens is 3. The highest BCUT2D eigenvalue weighted by Gasteiger charge is 2.11. The molecule has 2 rings (SSSR count). The van der Waals surface area contributed by atoms with Crippen molar-refractivity contribution in [2.45, 2.75) is 19.5 Å². The fraction of sp³-hybridized carbons (Fsp3) is 0.214. The number of hydrogen-bond acceptors (Lipinski definition) is 2. The van der Waals surface area contributed by atoms with E-state index in [1.807, 2.05) is 19.1 Å². The van der Waals surface area contributed by atoms with E-state index < -0.39 is 17.5 Å². The van der Waals surface area contributed by atoms with Crippen LogP contribution in [0, 0.1) is 17.5 Å². The summed E-state index contributed by atoms with van der Waals surface area (Å²) in [5, 5.41) is 3.07. The third-order valence-electron chi connectivity index (χ3n) is 2.79. The first kappa shape index (κ1) is 13.5. The Kier molecular flexibility index (Phi) is 4.16. The molecule has 0 radical (unpaired) electrons. The fourth-order valence-electron chi connectivity index (χ4n) is 1.72. The van der Waals surface area contributed by atoms with E-state index in [4.69, 9.17) is 0 Å². The standard InChI is InChI=1S/C14H13F3N2/c1-9(13-4-2-3-5-18-13)19-8-10-6-11(15)14(17)12(16)7-10/h2-7,9,19H,8H2,1H3. The van der Waals surface area contributed by atoms with E-state index in [9.17, 15) is 13.2 Å². The minimum atomic E-state index is -1.44.